The first-order chi connectivity index (χ1) is 10.7. The predicted octanol–water partition coefficient (Wildman–Crippen LogP) is 1.64. The van der Waals surface area contributed by atoms with Crippen LogP contribution in [-0.2, 0) is 20.7 Å². The summed E-state index contributed by atoms with van der Waals surface area (Å²) in [5.41, 5.74) is 1.01. The van der Waals surface area contributed by atoms with Gasteiger partial charge in [0.05, 0.1) is 32.3 Å². The predicted molar refractivity (Wildman–Crippen MR) is 82.0 cm³/mol. The standard InChI is InChI=1S/C17H23NO4/c1-20-13-5-3-12(4-6-13)11-16(19)18-9-10-22-17-14(18)7-8-15(17)21-2/h3-6,14-15,17H,7-11H2,1-2H3/t14-,15+,17+/m0/s1. The second-order valence-electron chi connectivity index (χ2n) is 5.87. The third-order valence-corrected chi connectivity index (χ3v) is 4.67. The Morgan fingerprint density at radius 2 is 2.05 bits per heavy atom. The molecule has 1 aliphatic heterocycles. The lowest BCUT2D eigenvalue weighted by Gasteiger charge is -2.39. The van der Waals surface area contributed by atoms with Crippen LogP contribution < -0.4 is 4.74 Å². The number of methoxy groups -OCH3 is 2. The summed E-state index contributed by atoms with van der Waals surface area (Å²) in [7, 11) is 3.36. The fourth-order valence-corrected chi connectivity index (χ4v) is 3.50. The fraction of sp³-hybridized carbons (Fsp3) is 0.588. The number of nitrogens with zero attached hydrogens (tertiary/aromatic N) is 1. The van der Waals surface area contributed by atoms with Gasteiger partial charge in [0.15, 0.2) is 0 Å². The highest BCUT2D eigenvalue weighted by Crippen LogP contribution is 2.32. The summed E-state index contributed by atoms with van der Waals surface area (Å²) in [4.78, 5) is 14.6. The normalized spacial score (nSPS) is 27.5. The molecular formula is C17H23NO4. The van der Waals surface area contributed by atoms with Crippen LogP contribution in [0.4, 0.5) is 0 Å². The van der Waals surface area contributed by atoms with E-state index in [1.54, 1.807) is 14.2 Å². The molecule has 1 aliphatic carbocycles. The molecule has 1 saturated heterocycles. The lowest BCUT2D eigenvalue weighted by atomic mass is 10.1. The van der Waals surface area contributed by atoms with Crippen LogP contribution in [0.25, 0.3) is 0 Å². The largest absolute Gasteiger partial charge is 0.497 e. The zero-order valence-corrected chi connectivity index (χ0v) is 13.2. The number of carbonyl (C=O) groups excluding carboxylic acids is 1. The van der Waals surface area contributed by atoms with Crippen molar-refractivity contribution in [1.82, 2.24) is 4.90 Å². The number of rotatable bonds is 4. The van der Waals surface area contributed by atoms with Crippen LogP contribution in [0.2, 0.25) is 0 Å². The molecule has 1 heterocycles. The summed E-state index contributed by atoms with van der Waals surface area (Å²) < 4.78 is 16.5. The van der Waals surface area contributed by atoms with Gasteiger partial charge in [0.2, 0.25) is 5.91 Å². The molecule has 2 aliphatic rings. The van der Waals surface area contributed by atoms with E-state index in [0.717, 1.165) is 24.2 Å². The third-order valence-electron chi connectivity index (χ3n) is 4.67. The van der Waals surface area contributed by atoms with Gasteiger partial charge in [-0.3, -0.25) is 4.79 Å². The number of hydrogen-bond acceptors (Lipinski definition) is 4. The molecular weight excluding hydrogens is 282 g/mol. The van der Waals surface area contributed by atoms with Gasteiger partial charge in [-0.05, 0) is 30.5 Å². The molecule has 0 spiro atoms. The summed E-state index contributed by atoms with van der Waals surface area (Å²) in [6.45, 7) is 1.27. The van der Waals surface area contributed by atoms with E-state index >= 15 is 0 Å². The van der Waals surface area contributed by atoms with E-state index in [1.165, 1.54) is 0 Å². The lowest BCUT2D eigenvalue weighted by molar-refractivity contribution is -0.149. The Morgan fingerprint density at radius 3 is 2.73 bits per heavy atom. The maximum Gasteiger partial charge on any atom is 0.227 e. The van der Waals surface area contributed by atoms with Crippen molar-refractivity contribution >= 4 is 5.91 Å². The highest BCUT2D eigenvalue weighted by atomic mass is 16.5. The summed E-state index contributed by atoms with van der Waals surface area (Å²) in [5, 5.41) is 0. The molecule has 3 atom stereocenters. The second kappa shape index (κ2) is 6.67. The molecule has 5 heteroatoms. The Hall–Kier alpha value is -1.59. The molecule has 3 rings (SSSR count). The maximum absolute atomic E-state index is 12.7. The van der Waals surface area contributed by atoms with Gasteiger partial charge in [0.25, 0.3) is 0 Å². The molecule has 0 aromatic heterocycles. The van der Waals surface area contributed by atoms with Crippen LogP contribution in [-0.4, -0.2) is 56.4 Å². The molecule has 0 unspecified atom stereocenters. The lowest BCUT2D eigenvalue weighted by Crippen LogP contribution is -2.54. The topological polar surface area (TPSA) is 48.0 Å². The number of fused-ring (bicyclic) bond motifs is 1. The second-order valence-corrected chi connectivity index (χ2v) is 5.87. The van der Waals surface area contributed by atoms with E-state index in [4.69, 9.17) is 14.2 Å². The van der Waals surface area contributed by atoms with Crippen LogP contribution >= 0.6 is 0 Å². The smallest absolute Gasteiger partial charge is 0.227 e. The van der Waals surface area contributed by atoms with Gasteiger partial charge in [0, 0.05) is 13.7 Å². The quantitative estimate of drug-likeness (QED) is 0.848. The van der Waals surface area contributed by atoms with Crippen molar-refractivity contribution in [3.63, 3.8) is 0 Å². The average molecular weight is 305 g/mol. The zero-order valence-electron chi connectivity index (χ0n) is 13.2. The van der Waals surface area contributed by atoms with E-state index in [1.807, 2.05) is 29.2 Å². The van der Waals surface area contributed by atoms with Gasteiger partial charge < -0.3 is 19.1 Å². The minimum Gasteiger partial charge on any atom is -0.497 e. The molecule has 1 aromatic carbocycles. The monoisotopic (exact) mass is 305 g/mol. The highest BCUT2D eigenvalue weighted by molar-refractivity contribution is 5.79. The molecule has 1 amide bonds. The Morgan fingerprint density at radius 1 is 1.27 bits per heavy atom. The molecule has 0 N–H and O–H groups in total. The summed E-state index contributed by atoms with van der Waals surface area (Å²) in [6.07, 6.45) is 2.47. The Labute approximate surface area is 131 Å². The molecule has 0 radical (unpaired) electrons. The van der Waals surface area contributed by atoms with Crippen molar-refractivity contribution in [2.75, 3.05) is 27.4 Å². The Bertz CT molecular complexity index is 516. The fourth-order valence-electron chi connectivity index (χ4n) is 3.50. The van der Waals surface area contributed by atoms with Crippen molar-refractivity contribution in [2.24, 2.45) is 0 Å². The number of ether oxygens (including phenoxy) is 3. The number of carbonyl (C=O) groups is 1. The minimum atomic E-state index is 0.0265. The van der Waals surface area contributed by atoms with Crippen molar-refractivity contribution in [1.29, 1.82) is 0 Å². The molecule has 1 aromatic rings. The first-order valence-corrected chi connectivity index (χ1v) is 7.79. The molecule has 0 bridgehead atoms. The maximum atomic E-state index is 12.7. The molecule has 1 saturated carbocycles. The van der Waals surface area contributed by atoms with Crippen LogP contribution in [0, 0.1) is 0 Å². The number of benzene rings is 1. The van der Waals surface area contributed by atoms with Gasteiger partial charge in [-0.25, -0.2) is 0 Å². The van der Waals surface area contributed by atoms with E-state index in [-0.39, 0.29) is 24.2 Å². The van der Waals surface area contributed by atoms with Gasteiger partial charge in [-0.1, -0.05) is 12.1 Å². The molecule has 120 valence electrons. The Kier molecular flexibility index (Phi) is 4.64. The van der Waals surface area contributed by atoms with E-state index in [9.17, 15) is 4.79 Å². The number of morpholine rings is 1. The summed E-state index contributed by atoms with van der Waals surface area (Å²) in [6, 6.07) is 7.83. The minimum absolute atomic E-state index is 0.0265. The molecule has 5 nitrogen and oxygen atoms in total. The average Bonchev–Trinajstić information content (AvgIpc) is 2.98. The van der Waals surface area contributed by atoms with Crippen molar-refractivity contribution in [3.8, 4) is 5.75 Å². The van der Waals surface area contributed by atoms with E-state index in [2.05, 4.69) is 0 Å². The van der Waals surface area contributed by atoms with Crippen molar-refractivity contribution < 1.29 is 19.0 Å². The summed E-state index contributed by atoms with van der Waals surface area (Å²) in [5.74, 6) is 0.974. The van der Waals surface area contributed by atoms with Crippen LogP contribution in [0.15, 0.2) is 24.3 Å². The molecule has 2 fully saturated rings. The number of amides is 1. The van der Waals surface area contributed by atoms with E-state index < -0.39 is 0 Å². The van der Waals surface area contributed by atoms with Crippen LogP contribution in [0.5, 0.6) is 5.75 Å². The van der Waals surface area contributed by atoms with Gasteiger partial charge in [0.1, 0.15) is 11.9 Å². The Balaban J connectivity index is 1.66. The number of hydrogen-bond donors (Lipinski definition) is 0. The van der Waals surface area contributed by atoms with Crippen molar-refractivity contribution in [3.05, 3.63) is 29.8 Å². The summed E-state index contributed by atoms with van der Waals surface area (Å²) >= 11 is 0. The zero-order chi connectivity index (χ0) is 15.5. The molecule has 22 heavy (non-hydrogen) atoms. The van der Waals surface area contributed by atoms with Gasteiger partial charge >= 0.3 is 0 Å². The first-order valence-electron chi connectivity index (χ1n) is 7.79. The van der Waals surface area contributed by atoms with E-state index in [0.29, 0.717) is 19.6 Å². The van der Waals surface area contributed by atoms with Crippen LogP contribution in [0.1, 0.15) is 18.4 Å². The van der Waals surface area contributed by atoms with Crippen molar-refractivity contribution in [2.45, 2.75) is 37.5 Å². The third kappa shape index (κ3) is 2.96. The van der Waals surface area contributed by atoms with Crippen LogP contribution in [0.3, 0.4) is 0 Å². The van der Waals surface area contributed by atoms with Gasteiger partial charge in [-0.2, -0.15) is 0 Å². The van der Waals surface area contributed by atoms with Gasteiger partial charge in [-0.15, -0.1) is 0 Å². The SMILES string of the molecule is COc1ccc(CC(=O)N2CCO[C@H]3[C@H](OC)CC[C@@H]32)cc1. The first kappa shape index (κ1) is 15.3. The highest BCUT2D eigenvalue weighted by Gasteiger charge is 2.44.